The van der Waals surface area contributed by atoms with Crippen molar-refractivity contribution in [3.63, 3.8) is 0 Å². The Hall–Kier alpha value is -3.96. The van der Waals surface area contributed by atoms with E-state index in [4.69, 9.17) is 21.6 Å². The maximum absolute atomic E-state index is 14.4. The largest absolute Gasteiger partial charge is 0.467 e. The van der Waals surface area contributed by atoms with Crippen molar-refractivity contribution < 1.29 is 13.6 Å². The van der Waals surface area contributed by atoms with Gasteiger partial charge in [0.25, 0.3) is 11.5 Å². The Kier molecular flexibility index (Phi) is 6.69. The number of aryl methyl sites for hydroxylation is 1. The van der Waals surface area contributed by atoms with E-state index in [2.05, 4.69) is 0 Å². The second-order valence-electron chi connectivity index (χ2n) is 9.36. The summed E-state index contributed by atoms with van der Waals surface area (Å²) in [4.78, 5) is 37.8. The Labute approximate surface area is 233 Å². The summed E-state index contributed by atoms with van der Waals surface area (Å²) < 4.78 is 21.7. The van der Waals surface area contributed by atoms with Gasteiger partial charge in [-0.3, -0.25) is 18.9 Å². The minimum absolute atomic E-state index is 0.216. The highest BCUT2D eigenvalue weighted by atomic mass is 32.2. The van der Waals surface area contributed by atoms with Crippen molar-refractivity contribution in [1.29, 1.82) is 0 Å². The maximum Gasteiger partial charge on any atom is 0.267 e. The SMILES string of the molecule is Cc1ccc2nc(N3CCN(c4ccccc4F)CC3)c(/C=C3/SC(=S)N(Cc4ccco4)C3=O)c(=O)n2c1. The lowest BCUT2D eigenvalue weighted by Crippen LogP contribution is -2.47. The molecule has 0 N–H and O–H groups in total. The maximum atomic E-state index is 14.4. The Morgan fingerprint density at radius 3 is 2.56 bits per heavy atom. The number of benzene rings is 1. The molecule has 1 aromatic carbocycles. The number of thioether (sulfide) groups is 1. The first-order chi connectivity index (χ1) is 18.9. The van der Waals surface area contributed by atoms with Crippen LogP contribution in [0, 0.1) is 12.7 Å². The molecule has 1 amide bonds. The molecular weight excluding hydrogens is 537 g/mol. The highest BCUT2D eigenvalue weighted by Crippen LogP contribution is 2.35. The smallest absolute Gasteiger partial charge is 0.267 e. The molecule has 0 saturated carbocycles. The Morgan fingerprint density at radius 1 is 1.05 bits per heavy atom. The van der Waals surface area contributed by atoms with Gasteiger partial charge in [-0.1, -0.05) is 42.2 Å². The minimum Gasteiger partial charge on any atom is -0.467 e. The quantitative estimate of drug-likeness (QED) is 0.261. The van der Waals surface area contributed by atoms with Crippen LogP contribution in [-0.2, 0) is 11.3 Å². The van der Waals surface area contributed by atoms with E-state index in [-0.39, 0.29) is 23.8 Å². The molecule has 2 aliphatic rings. The van der Waals surface area contributed by atoms with Crippen molar-refractivity contribution in [3.05, 3.63) is 99.0 Å². The van der Waals surface area contributed by atoms with Gasteiger partial charge in [0, 0.05) is 32.4 Å². The summed E-state index contributed by atoms with van der Waals surface area (Å²) in [6, 6.07) is 14.0. The van der Waals surface area contributed by atoms with E-state index in [1.54, 1.807) is 42.8 Å². The van der Waals surface area contributed by atoms with Crippen LogP contribution in [0.5, 0.6) is 0 Å². The first-order valence-electron chi connectivity index (χ1n) is 12.4. The highest BCUT2D eigenvalue weighted by Gasteiger charge is 2.34. The van der Waals surface area contributed by atoms with E-state index in [9.17, 15) is 14.0 Å². The first-order valence-corrected chi connectivity index (χ1v) is 13.7. The number of anilines is 2. The number of hydrogen-bond acceptors (Lipinski definition) is 8. The van der Waals surface area contributed by atoms with Gasteiger partial charge < -0.3 is 14.2 Å². The molecule has 4 aromatic rings. The summed E-state index contributed by atoms with van der Waals surface area (Å²) in [6.45, 7) is 4.29. The number of piperazine rings is 1. The van der Waals surface area contributed by atoms with E-state index < -0.39 is 0 Å². The lowest BCUT2D eigenvalue weighted by Gasteiger charge is -2.37. The van der Waals surface area contributed by atoms with Crippen LogP contribution < -0.4 is 15.4 Å². The number of carbonyl (C=O) groups is 1. The zero-order valence-corrected chi connectivity index (χ0v) is 22.7. The van der Waals surface area contributed by atoms with Crippen LogP contribution in [0.4, 0.5) is 15.9 Å². The van der Waals surface area contributed by atoms with Crippen LogP contribution in [0.3, 0.4) is 0 Å². The Balaban J connectivity index is 1.36. The lowest BCUT2D eigenvalue weighted by atomic mass is 10.2. The number of fused-ring (bicyclic) bond motifs is 1. The molecule has 2 aliphatic heterocycles. The number of carbonyl (C=O) groups excluding carboxylic acids is 1. The number of halogens is 1. The van der Waals surface area contributed by atoms with Gasteiger partial charge in [0.1, 0.15) is 27.4 Å². The number of pyridine rings is 1. The monoisotopic (exact) mass is 561 g/mol. The van der Waals surface area contributed by atoms with Gasteiger partial charge >= 0.3 is 0 Å². The molecule has 0 spiro atoms. The van der Waals surface area contributed by atoms with E-state index in [0.717, 1.165) is 17.3 Å². The fourth-order valence-corrected chi connectivity index (χ4v) is 6.04. The van der Waals surface area contributed by atoms with Crippen molar-refractivity contribution in [1.82, 2.24) is 14.3 Å². The molecule has 2 saturated heterocycles. The number of nitrogens with zero attached hydrogens (tertiary/aromatic N) is 5. The number of rotatable bonds is 5. The van der Waals surface area contributed by atoms with Crippen LogP contribution in [0.2, 0.25) is 0 Å². The zero-order valence-electron chi connectivity index (χ0n) is 21.0. The first kappa shape index (κ1) is 25.3. The summed E-state index contributed by atoms with van der Waals surface area (Å²) in [7, 11) is 0. The number of hydrogen-bond donors (Lipinski definition) is 0. The van der Waals surface area contributed by atoms with Gasteiger partial charge in [0.15, 0.2) is 0 Å². The number of aromatic nitrogens is 2. The number of furan rings is 1. The van der Waals surface area contributed by atoms with Crippen molar-refractivity contribution in [2.45, 2.75) is 13.5 Å². The van der Waals surface area contributed by atoms with Gasteiger partial charge in [-0.25, -0.2) is 9.37 Å². The summed E-state index contributed by atoms with van der Waals surface area (Å²) in [5, 5.41) is 0. The number of thiocarbonyl (C=S) groups is 1. The number of para-hydroxylation sites is 1. The Bertz CT molecular complexity index is 1680. The molecule has 8 nitrogen and oxygen atoms in total. The topological polar surface area (TPSA) is 74.3 Å². The number of amides is 1. The van der Waals surface area contributed by atoms with Crippen LogP contribution in [0.25, 0.3) is 11.7 Å². The second kappa shape index (κ2) is 10.3. The second-order valence-corrected chi connectivity index (χ2v) is 11.0. The van der Waals surface area contributed by atoms with Crippen molar-refractivity contribution in [2.24, 2.45) is 0 Å². The molecular formula is C28H24FN5O3S2. The van der Waals surface area contributed by atoms with Gasteiger partial charge in [-0.2, -0.15) is 0 Å². The normalized spacial score (nSPS) is 17.2. The molecule has 198 valence electrons. The third-order valence-corrected chi connectivity index (χ3v) is 8.18. The molecule has 3 aromatic heterocycles. The summed E-state index contributed by atoms with van der Waals surface area (Å²) in [6.07, 6.45) is 4.89. The molecule has 39 heavy (non-hydrogen) atoms. The molecule has 0 aliphatic carbocycles. The standard InChI is InChI=1S/C28H24FN5O3S2/c1-18-8-9-24-30-25(32-12-10-31(11-13-32)22-7-3-2-6-21(22)29)20(26(35)33(24)16-18)15-23-27(36)34(28(38)39-23)17-19-5-4-14-37-19/h2-9,14-16H,10-13,17H2,1H3/b23-15+. The third-order valence-electron chi connectivity index (χ3n) is 6.80. The van der Waals surface area contributed by atoms with Crippen molar-refractivity contribution in [2.75, 3.05) is 36.0 Å². The highest BCUT2D eigenvalue weighted by molar-refractivity contribution is 8.26. The van der Waals surface area contributed by atoms with E-state index in [1.807, 2.05) is 34.9 Å². The fourth-order valence-electron chi connectivity index (χ4n) is 4.81. The summed E-state index contributed by atoms with van der Waals surface area (Å²) in [5.74, 6) is 0.559. The van der Waals surface area contributed by atoms with Crippen molar-refractivity contribution >= 4 is 57.4 Å². The molecule has 2 fully saturated rings. The van der Waals surface area contributed by atoms with E-state index in [0.29, 0.717) is 63.9 Å². The molecule has 0 unspecified atom stereocenters. The molecule has 11 heteroatoms. The van der Waals surface area contributed by atoms with Crippen LogP contribution in [0.15, 0.2) is 75.1 Å². The Morgan fingerprint density at radius 2 is 1.82 bits per heavy atom. The molecule has 0 bridgehead atoms. The lowest BCUT2D eigenvalue weighted by molar-refractivity contribution is -0.122. The molecule has 0 radical (unpaired) electrons. The average Bonchev–Trinajstić information content (AvgIpc) is 3.55. The predicted molar refractivity (Wildman–Crippen MR) is 154 cm³/mol. The predicted octanol–water partition coefficient (Wildman–Crippen LogP) is 4.46. The summed E-state index contributed by atoms with van der Waals surface area (Å²) >= 11 is 6.63. The van der Waals surface area contributed by atoms with Crippen molar-refractivity contribution in [3.8, 4) is 0 Å². The fraction of sp³-hybridized carbons (Fsp3) is 0.214. The third kappa shape index (κ3) is 4.83. The van der Waals surface area contributed by atoms with Crippen LogP contribution in [-0.4, -0.2) is 50.7 Å². The van der Waals surface area contributed by atoms with Crippen LogP contribution >= 0.6 is 24.0 Å². The van der Waals surface area contributed by atoms with Crippen LogP contribution in [0.1, 0.15) is 16.9 Å². The average molecular weight is 562 g/mol. The summed E-state index contributed by atoms with van der Waals surface area (Å²) in [5.41, 5.74) is 2.02. The molecule has 6 rings (SSSR count). The minimum atomic E-state index is -0.287. The van der Waals surface area contributed by atoms with E-state index in [1.165, 1.54) is 15.4 Å². The zero-order chi connectivity index (χ0) is 27.1. The van der Waals surface area contributed by atoms with Gasteiger partial charge in [-0.05, 0) is 48.9 Å². The van der Waals surface area contributed by atoms with Gasteiger partial charge in [0.05, 0.1) is 29.0 Å². The van der Waals surface area contributed by atoms with E-state index >= 15 is 0 Å². The molecule has 0 atom stereocenters. The van der Waals surface area contributed by atoms with Gasteiger partial charge in [-0.15, -0.1) is 0 Å². The van der Waals surface area contributed by atoms with Gasteiger partial charge in [0.2, 0.25) is 0 Å². The molecule has 5 heterocycles.